The lowest BCUT2D eigenvalue weighted by Gasteiger charge is -2.26. The van der Waals surface area contributed by atoms with Gasteiger partial charge in [0, 0.05) is 56.7 Å². The molecule has 2 aromatic heterocycles. The topological polar surface area (TPSA) is 102 Å². The van der Waals surface area contributed by atoms with E-state index in [2.05, 4.69) is 30.5 Å². The largest absolute Gasteiger partial charge is 0.439 e. The van der Waals surface area contributed by atoms with Crippen LogP contribution >= 0.6 is 0 Å². The van der Waals surface area contributed by atoms with Crippen molar-refractivity contribution in [2.75, 3.05) is 51.3 Å². The summed E-state index contributed by atoms with van der Waals surface area (Å²) in [6, 6.07) is 17.2. The van der Waals surface area contributed by atoms with Crippen molar-refractivity contribution < 1.29 is 14.3 Å². The summed E-state index contributed by atoms with van der Waals surface area (Å²) in [4.78, 5) is 27.7. The standard InChI is InChI=1S/C28H30N6O3/c35-28(31-12-13-34-14-16-36-17-15-34)25-3-1-2-22-18-23(4-5-24(22)25)37-27-19-26(32-20-33-27)30-11-8-21-6-9-29-10-7-21/h1-7,9-10,18-20H,8,11-17H2,(H,31,35)(H,30,32,33). The van der Waals surface area contributed by atoms with Gasteiger partial charge in [-0.25, -0.2) is 9.97 Å². The number of rotatable bonds is 10. The zero-order valence-electron chi connectivity index (χ0n) is 20.6. The van der Waals surface area contributed by atoms with Crippen LogP contribution in [-0.2, 0) is 11.2 Å². The van der Waals surface area contributed by atoms with Gasteiger partial charge in [0.25, 0.3) is 5.91 Å². The van der Waals surface area contributed by atoms with Gasteiger partial charge in [-0.15, -0.1) is 0 Å². The van der Waals surface area contributed by atoms with Crippen molar-refractivity contribution >= 4 is 22.5 Å². The molecule has 0 aliphatic carbocycles. The number of nitrogens with one attached hydrogen (secondary N) is 2. The van der Waals surface area contributed by atoms with Gasteiger partial charge >= 0.3 is 0 Å². The fourth-order valence-corrected chi connectivity index (χ4v) is 4.27. The Hall–Kier alpha value is -4.08. The number of nitrogens with zero attached hydrogens (tertiary/aromatic N) is 4. The lowest BCUT2D eigenvalue weighted by atomic mass is 10.0. The molecule has 2 N–H and O–H groups in total. The molecule has 1 amide bonds. The van der Waals surface area contributed by atoms with E-state index in [0.29, 0.717) is 29.6 Å². The van der Waals surface area contributed by atoms with Crippen LogP contribution in [0.25, 0.3) is 10.8 Å². The highest BCUT2D eigenvalue weighted by atomic mass is 16.5. The van der Waals surface area contributed by atoms with Gasteiger partial charge in [-0.1, -0.05) is 12.1 Å². The number of morpholine rings is 1. The summed E-state index contributed by atoms with van der Waals surface area (Å²) in [5.41, 5.74) is 1.85. The Kier molecular flexibility index (Phi) is 8.14. The van der Waals surface area contributed by atoms with Crippen molar-refractivity contribution in [3.05, 3.63) is 84.4 Å². The number of benzene rings is 2. The Labute approximate surface area is 215 Å². The van der Waals surface area contributed by atoms with Crippen LogP contribution in [0.4, 0.5) is 5.82 Å². The van der Waals surface area contributed by atoms with E-state index >= 15 is 0 Å². The van der Waals surface area contributed by atoms with Gasteiger partial charge in [0.05, 0.1) is 13.2 Å². The molecule has 0 atom stereocenters. The van der Waals surface area contributed by atoms with Gasteiger partial charge in [0.15, 0.2) is 0 Å². The first-order valence-corrected chi connectivity index (χ1v) is 12.5. The van der Waals surface area contributed by atoms with Gasteiger partial charge in [0.1, 0.15) is 17.9 Å². The van der Waals surface area contributed by atoms with Crippen LogP contribution < -0.4 is 15.4 Å². The molecule has 0 spiro atoms. The predicted octanol–water partition coefficient (Wildman–Crippen LogP) is 3.53. The number of ether oxygens (including phenoxy) is 2. The fraction of sp³-hybridized carbons (Fsp3) is 0.286. The molecule has 9 nitrogen and oxygen atoms in total. The van der Waals surface area contributed by atoms with Crippen molar-refractivity contribution in [1.82, 2.24) is 25.2 Å². The van der Waals surface area contributed by atoms with Crippen molar-refractivity contribution in [2.45, 2.75) is 6.42 Å². The molecule has 0 bridgehead atoms. The van der Waals surface area contributed by atoms with Crippen LogP contribution in [0, 0.1) is 0 Å². The highest BCUT2D eigenvalue weighted by Gasteiger charge is 2.13. The number of amides is 1. The molecule has 37 heavy (non-hydrogen) atoms. The first kappa shape index (κ1) is 24.6. The molecule has 1 aliphatic heterocycles. The highest BCUT2D eigenvalue weighted by Crippen LogP contribution is 2.27. The molecule has 0 saturated carbocycles. The molecule has 2 aromatic carbocycles. The van der Waals surface area contributed by atoms with Crippen LogP contribution in [0.3, 0.4) is 0 Å². The maximum absolute atomic E-state index is 12.9. The fourth-order valence-electron chi connectivity index (χ4n) is 4.27. The number of pyridine rings is 1. The number of hydrogen-bond donors (Lipinski definition) is 2. The van der Waals surface area contributed by atoms with Crippen LogP contribution in [0.5, 0.6) is 11.6 Å². The van der Waals surface area contributed by atoms with E-state index in [1.807, 2.05) is 48.5 Å². The van der Waals surface area contributed by atoms with Crippen molar-refractivity contribution in [3.63, 3.8) is 0 Å². The van der Waals surface area contributed by atoms with Crippen molar-refractivity contribution in [1.29, 1.82) is 0 Å². The summed E-state index contributed by atoms with van der Waals surface area (Å²) in [5.74, 6) is 1.69. The van der Waals surface area contributed by atoms with Gasteiger partial charge < -0.3 is 20.1 Å². The van der Waals surface area contributed by atoms with E-state index in [-0.39, 0.29) is 5.91 Å². The second-order valence-electron chi connectivity index (χ2n) is 8.77. The van der Waals surface area contributed by atoms with Crippen LogP contribution in [-0.4, -0.2) is 71.7 Å². The average Bonchev–Trinajstić information content (AvgIpc) is 2.94. The third-order valence-electron chi connectivity index (χ3n) is 6.25. The van der Waals surface area contributed by atoms with Crippen molar-refractivity contribution in [2.24, 2.45) is 0 Å². The zero-order chi connectivity index (χ0) is 25.3. The van der Waals surface area contributed by atoms with Crippen LogP contribution in [0.2, 0.25) is 0 Å². The van der Waals surface area contributed by atoms with E-state index in [1.165, 1.54) is 11.9 Å². The highest BCUT2D eigenvalue weighted by molar-refractivity contribution is 6.07. The molecular formula is C28H30N6O3. The van der Waals surface area contributed by atoms with Gasteiger partial charge in [-0.05, 0) is 59.2 Å². The molecule has 3 heterocycles. The second-order valence-corrected chi connectivity index (χ2v) is 8.77. The Morgan fingerprint density at radius 3 is 2.73 bits per heavy atom. The number of fused-ring (bicyclic) bond motifs is 1. The van der Waals surface area contributed by atoms with Crippen LogP contribution in [0.1, 0.15) is 15.9 Å². The summed E-state index contributed by atoms with van der Waals surface area (Å²) in [6.07, 6.45) is 5.91. The van der Waals surface area contributed by atoms with Gasteiger partial charge in [0.2, 0.25) is 5.88 Å². The maximum atomic E-state index is 12.9. The summed E-state index contributed by atoms with van der Waals surface area (Å²) < 4.78 is 11.4. The smallest absolute Gasteiger partial charge is 0.251 e. The normalized spacial score (nSPS) is 13.8. The SMILES string of the molecule is O=C(NCCN1CCOCC1)c1cccc2cc(Oc3cc(NCCc4ccncc4)ncn3)ccc12. The first-order chi connectivity index (χ1) is 18.2. The van der Waals surface area contributed by atoms with Crippen LogP contribution in [0.15, 0.2) is 73.3 Å². The van der Waals surface area contributed by atoms with Gasteiger partial charge in [-0.2, -0.15) is 0 Å². The number of aromatic nitrogens is 3. The molecule has 190 valence electrons. The molecule has 0 unspecified atom stereocenters. The minimum absolute atomic E-state index is 0.0780. The molecule has 4 aromatic rings. The summed E-state index contributed by atoms with van der Waals surface area (Å²) in [7, 11) is 0. The number of carbonyl (C=O) groups is 1. The molecule has 1 saturated heterocycles. The molecule has 9 heteroatoms. The molecule has 0 radical (unpaired) electrons. The minimum atomic E-state index is -0.0780. The third kappa shape index (κ3) is 6.78. The second kappa shape index (κ2) is 12.2. The Bertz CT molecular complexity index is 1330. The minimum Gasteiger partial charge on any atom is -0.439 e. The Morgan fingerprint density at radius 1 is 1.00 bits per heavy atom. The average molecular weight is 499 g/mol. The Balaban J connectivity index is 1.19. The summed E-state index contributed by atoms with van der Waals surface area (Å²) in [5, 5.41) is 8.14. The summed E-state index contributed by atoms with van der Waals surface area (Å²) >= 11 is 0. The lowest BCUT2D eigenvalue weighted by Crippen LogP contribution is -2.41. The van der Waals surface area contributed by atoms with E-state index in [9.17, 15) is 4.79 Å². The number of carbonyl (C=O) groups excluding carboxylic acids is 1. The molecular weight excluding hydrogens is 468 g/mol. The number of anilines is 1. The van der Waals surface area contributed by atoms with Gasteiger partial charge in [-0.3, -0.25) is 14.7 Å². The third-order valence-corrected chi connectivity index (χ3v) is 6.25. The molecule has 1 aliphatic rings. The number of hydrogen-bond acceptors (Lipinski definition) is 8. The lowest BCUT2D eigenvalue weighted by molar-refractivity contribution is 0.0383. The molecule has 1 fully saturated rings. The molecule has 5 rings (SSSR count). The Morgan fingerprint density at radius 2 is 1.86 bits per heavy atom. The predicted molar refractivity (Wildman–Crippen MR) is 142 cm³/mol. The van der Waals surface area contributed by atoms with E-state index < -0.39 is 0 Å². The zero-order valence-corrected chi connectivity index (χ0v) is 20.6. The maximum Gasteiger partial charge on any atom is 0.251 e. The summed E-state index contributed by atoms with van der Waals surface area (Å²) in [6.45, 7) is 5.46. The quantitative estimate of drug-likeness (QED) is 0.342. The first-order valence-electron chi connectivity index (χ1n) is 12.5. The van der Waals surface area contributed by atoms with E-state index in [1.54, 1.807) is 18.5 Å². The van der Waals surface area contributed by atoms with E-state index in [0.717, 1.165) is 56.6 Å². The van der Waals surface area contributed by atoms with Crippen molar-refractivity contribution in [3.8, 4) is 11.6 Å². The van der Waals surface area contributed by atoms with E-state index in [4.69, 9.17) is 9.47 Å². The monoisotopic (exact) mass is 498 g/mol.